The summed E-state index contributed by atoms with van der Waals surface area (Å²) in [6.07, 6.45) is 3.87. The van der Waals surface area contributed by atoms with Gasteiger partial charge < -0.3 is 9.47 Å². The van der Waals surface area contributed by atoms with E-state index in [1.54, 1.807) is 24.8 Å². The number of methoxy groups -OCH3 is 2. The zero-order valence-electron chi connectivity index (χ0n) is 27.5. The zero-order valence-corrected chi connectivity index (χ0v) is 29.3. The molecule has 2 nitrogen and oxygen atoms in total. The minimum Gasteiger partial charge on any atom is -0.496 e. The van der Waals surface area contributed by atoms with Crippen LogP contribution in [0.4, 0.5) is 0 Å². The van der Waals surface area contributed by atoms with E-state index < -0.39 is 15.8 Å². The Labute approximate surface area is 262 Å². The average Bonchev–Trinajstić information content (AvgIpc) is 3.44. The SMILES string of the molecule is COc1c(C)cc(P(c2cc(C)c(OC)c(C)c2)C2CCCC2C(C)P(c2ccccc2C)c2ccccc2C)cc1C. The van der Waals surface area contributed by atoms with Crippen molar-refractivity contribution in [3.8, 4) is 11.5 Å². The van der Waals surface area contributed by atoms with Gasteiger partial charge in [0.05, 0.1) is 14.2 Å². The van der Waals surface area contributed by atoms with Crippen molar-refractivity contribution >= 4 is 37.1 Å². The normalized spacial score (nSPS) is 17.5. The Morgan fingerprint density at radius 1 is 0.605 bits per heavy atom. The second-order valence-corrected chi connectivity index (χ2v) is 17.4. The molecule has 0 amide bonds. The van der Waals surface area contributed by atoms with E-state index >= 15 is 0 Å². The number of ether oxygens (including phenoxy) is 2. The predicted octanol–water partition coefficient (Wildman–Crippen LogP) is 8.68. The van der Waals surface area contributed by atoms with Crippen molar-refractivity contribution in [1.29, 1.82) is 0 Å². The first-order valence-corrected chi connectivity index (χ1v) is 18.5. The monoisotopic (exact) mass is 610 g/mol. The number of rotatable bonds is 9. The first kappa shape index (κ1) is 31.8. The van der Waals surface area contributed by atoms with Crippen LogP contribution < -0.4 is 30.7 Å². The topological polar surface area (TPSA) is 18.5 Å². The second kappa shape index (κ2) is 13.5. The van der Waals surface area contributed by atoms with Gasteiger partial charge in [0.1, 0.15) is 11.5 Å². The van der Waals surface area contributed by atoms with E-state index in [0.29, 0.717) is 17.2 Å². The molecule has 1 fully saturated rings. The van der Waals surface area contributed by atoms with Gasteiger partial charge >= 0.3 is 0 Å². The fraction of sp³-hybridized carbons (Fsp3) is 0.385. The predicted molar refractivity (Wildman–Crippen MR) is 190 cm³/mol. The standard InChI is InChI=1S/C39H48O2P2/c1-25-15-10-12-18-35(25)42(36-19-13-11-16-26(36)2)31(7)34-17-14-20-37(34)43(32-21-27(3)38(40-8)28(4)22-32)33-23-29(5)39(41-9)30(6)24-33/h10-13,15-16,18-19,21-24,31,34,37H,14,17,20H2,1-9H3. The van der Waals surface area contributed by atoms with Gasteiger partial charge in [-0.1, -0.05) is 61.9 Å². The highest BCUT2D eigenvalue weighted by molar-refractivity contribution is 7.74. The molecule has 0 aliphatic heterocycles. The molecule has 4 aromatic carbocycles. The average molecular weight is 611 g/mol. The van der Waals surface area contributed by atoms with Gasteiger partial charge in [0.15, 0.2) is 0 Å². The highest BCUT2D eigenvalue weighted by Gasteiger charge is 2.42. The maximum atomic E-state index is 5.81. The van der Waals surface area contributed by atoms with E-state index in [1.807, 2.05) is 0 Å². The van der Waals surface area contributed by atoms with E-state index in [4.69, 9.17) is 9.47 Å². The third-order valence-electron chi connectivity index (χ3n) is 9.49. The van der Waals surface area contributed by atoms with Gasteiger partial charge in [-0.15, -0.1) is 0 Å². The molecule has 3 atom stereocenters. The van der Waals surface area contributed by atoms with Crippen molar-refractivity contribution < 1.29 is 9.47 Å². The van der Waals surface area contributed by atoms with Crippen molar-refractivity contribution in [2.75, 3.05) is 14.2 Å². The molecule has 1 aliphatic carbocycles. The third-order valence-corrected chi connectivity index (χ3v) is 15.7. The lowest BCUT2D eigenvalue weighted by Crippen LogP contribution is -2.34. The lowest BCUT2D eigenvalue weighted by atomic mass is 10.0. The lowest BCUT2D eigenvalue weighted by molar-refractivity contribution is 0.408. The quantitative estimate of drug-likeness (QED) is 0.177. The van der Waals surface area contributed by atoms with Crippen LogP contribution in [0, 0.1) is 47.5 Å². The molecule has 4 heteroatoms. The van der Waals surface area contributed by atoms with Gasteiger partial charge in [0.2, 0.25) is 0 Å². The zero-order chi connectivity index (χ0) is 30.8. The summed E-state index contributed by atoms with van der Waals surface area (Å²) in [7, 11) is 2.46. The molecule has 0 N–H and O–H groups in total. The van der Waals surface area contributed by atoms with Crippen LogP contribution in [0.25, 0.3) is 0 Å². The van der Waals surface area contributed by atoms with Crippen LogP contribution in [0.2, 0.25) is 0 Å². The molecule has 3 unspecified atom stereocenters. The lowest BCUT2D eigenvalue weighted by Gasteiger charge is -2.38. The summed E-state index contributed by atoms with van der Waals surface area (Å²) in [5.41, 5.74) is 8.95. The fourth-order valence-electron chi connectivity index (χ4n) is 7.59. The molecular weight excluding hydrogens is 562 g/mol. The number of benzene rings is 4. The van der Waals surface area contributed by atoms with Crippen LogP contribution in [0.3, 0.4) is 0 Å². The van der Waals surface area contributed by atoms with Crippen LogP contribution in [0.1, 0.15) is 59.6 Å². The molecule has 43 heavy (non-hydrogen) atoms. The summed E-state index contributed by atoms with van der Waals surface area (Å²) in [6.45, 7) is 16.0. The largest absolute Gasteiger partial charge is 0.496 e. The molecular formula is C39H48O2P2. The van der Waals surface area contributed by atoms with Crippen LogP contribution in [-0.2, 0) is 0 Å². The van der Waals surface area contributed by atoms with E-state index in [1.165, 1.54) is 63.3 Å². The van der Waals surface area contributed by atoms with E-state index in [0.717, 1.165) is 11.5 Å². The molecule has 0 heterocycles. The van der Waals surface area contributed by atoms with Crippen molar-refractivity contribution in [2.45, 2.75) is 79.0 Å². The number of aryl methyl sites for hydroxylation is 6. The van der Waals surface area contributed by atoms with Crippen LogP contribution in [-0.4, -0.2) is 25.5 Å². The minimum atomic E-state index is -0.602. The highest BCUT2D eigenvalue weighted by atomic mass is 31.1. The first-order valence-electron chi connectivity index (χ1n) is 15.7. The van der Waals surface area contributed by atoms with E-state index in [2.05, 4.69) is 121 Å². The molecule has 4 aromatic rings. The fourth-order valence-corrected chi connectivity index (χ4v) is 14.6. The van der Waals surface area contributed by atoms with Crippen molar-refractivity contribution in [1.82, 2.24) is 0 Å². The Hall–Kier alpha value is -2.66. The minimum absolute atomic E-state index is 0.524. The maximum absolute atomic E-state index is 5.81. The van der Waals surface area contributed by atoms with E-state index in [9.17, 15) is 0 Å². The Balaban J connectivity index is 1.67. The Morgan fingerprint density at radius 3 is 1.42 bits per heavy atom. The molecule has 0 spiro atoms. The molecule has 0 bridgehead atoms. The van der Waals surface area contributed by atoms with Gasteiger partial charge in [-0.2, -0.15) is 0 Å². The third kappa shape index (κ3) is 6.30. The van der Waals surface area contributed by atoms with Crippen LogP contribution in [0.15, 0.2) is 72.8 Å². The highest BCUT2D eigenvalue weighted by Crippen LogP contribution is 2.57. The van der Waals surface area contributed by atoms with Gasteiger partial charge in [-0.05, 0) is 166 Å². The van der Waals surface area contributed by atoms with Crippen LogP contribution >= 0.6 is 15.8 Å². The molecule has 1 aliphatic rings. The number of hydrogen-bond acceptors (Lipinski definition) is 2. The molecule has 5 rings (SSSR count). The summed E-state index contributed by atoms with van der Waals surface area (Å²) in [5, 5.41) is 6.05. The number of hydrogen-bond donors (Lipinski definition) is 0. The maximum Gasteiger partial charge on any atom is 0.124 e. The smallest absolute Gasteiger partial charge is 0.124 e. The molecule has 0 aromatic heterocycles. The Morgan fingerprint density at radius 2 is 1.02 bits per heavy atom. The Kier molecular flexibility index (Phi) is 10.0. The summed E-state index contributed by atoms with van der Waals surface area (Å²) >= 11 is 0. The van der Waals surface area contributed by atoms with E-state index in [-0.39, 0.29) is 0 Å². The molecule has 226 valence electrons. The van der Waals surface area contributed by atoms with Crippen molar-refractivity contribution in [3.63, 3.8) is 0 Å². The summed E-state index contributed by atoms with van der Waals surface area (Å²) in [5.74, 6) is 2.67. The summed E-state index contributed by atoms with van der Waals surface area (Å²) in [4.78, 5) is 0. The molecule has 0 radical (unpaired) electrons. The van der Waals surface area contributed by atoms with Gasteiger partial charge in [-0.25, -0.2) is 0 Å². The Bertz CT molecular complexity index is 1440. The van der Waals surface area contributed by atoms with Crippen LogP contribution in [0.5, 0.6) is 11.5 Å². The van der Waals surface area contributed by atoms with Gasteiger partial charge in [0, 0.05) is 0 Å². The summed E-state index contributed by atoms with van der Waals surface area (Å²) < 4.78 is 11.6. The van der Waals surface area contributed by atoms with Gasteiger partial charge in [0.25, 0.3) is 0 Å². The van der Waals surface area contributed by atoms with Crippen molar-refractivity contribution in [3.05, 3.63) is 106 Å². The first-order chi connectivity index (χ1) is 20.7. The van der Waals surface area contributed by atoms with Crippen molar-refractivity contribution in [2.24, 2.45) is 5.92 Å². The molecule has 0 saturated heterocycles. The van der Waals surface area contributed by atoms with Gasteiger partial charge in [-0.3, -0.25) is 0 Å². The summed E-state index contributed by atoms with van der Waals surface area (Å²) in [6, 6.07) is 28.0. The second-order valence-electron chi connectivity index (χ2n) is 12.4. The molecule has 1 saturated carbocycles.